The van der Waals surface area contributed by atoms with Gasteiger partial charge in [0.25, 0.3) is 0 Å². The van der Waals surface area contributed by atoms with Crippen molar-refractivity contribution in [3.05, 3.63) is 58.6 Å². The number of hydrogen-bond acceptors (Lipinski definition) is 4. The number of carbonyl (C=O) groups is 1. The Morgan fingerprint density at radius 1 is 1.24 bits per heavy atom. The first kappa shape index (κ1) is 20.0. The summed E-state index contributed by atoms with van der Waals surface area (Å²) in [6.07, 6.45) is 1.29. The van der Waals surface area contributed by atoms with Gasteiger partial charge in [0, 0.05) is 30.5 Å². The largest absolute Gasteiger partial charge is 0.485 e. The number of esters is 1. The summed E-state index contributed by atoms with van der Waals surface area (Å²) in [6.45, 7) is 5.60. The highest BCUT2D eigenvalue weighted by molar-refractivity contribution is 7.80. The lowest BCUT2D eigenvalue weighted by atomic mass is 9.72. The van der Waals surface area contributed by atoms with E-state index in [0.29, 0.717) is 22.3 Å². The van der Waals surface area contributed by atoms with Gasteiger partial charge in [-0.2, -0.15) is 0 Å². The SMILES string of the molecule is CC(=O)Oc1cc2c(cc1Cl)[C@@]1(C[C@@H](c3ccccc3)O2)CC(C)(C)NC(=S)N1. The van der Waals surface area contributed by atoms with Crippen molar-refractivity contribution in [1.82, 2.24) is 10.6 Å². The van der Waals surface area contributed by atoms with E-state index in [1.54, 1.807) is 6.07 Å². The molecule has 0 bridgehead atoms. The molecule has 7 heteroatoms. The molecule has 2 heterocycles. The summed E-state index contributed by atoms with van der Waals surface area (Å²) in [5, 5.41) is 7.81. The highest BCUT2D eigenvalue weighted by atomic mass is 35.5. The van der Waals surface area contributed by atoms with Crippen LogP contribution in [0.15, 0.2) is 42.5 Å². The molecule has 1 fully saturated rings. The van der Waals surface area contributed by atoms with Crippen molar-refractivity contribution >= 4 is 34.9 Å². The first-order valence-electron chi connectivity index (χ1n) is 9.52. The number of fused-ring (bicyclic) bond motifs is 2. The fraction of sp³-hybridized carbons (Fsp3) is 0.364. The van der Waals surface area contributed by atoms with Crippen LogP contribution in [0.2, 0.25) is 5.02 Å². The first-order chi connectivity index (χ1) is 13.7. The Labute approximate surface area is 180 Å². The van der Waals surface area contributed by atoms with Gasteiger partial charge in [-0.3, -0.25) is 4.79 Å². The van der Waals surface area contributed by atoms with Gasteiger partial charge in [-0.25, -0.2) is 0 Å². The topological polar surface area (TPSA) is 59.6 Å². The molecule has 5 nitrogen and oxygen atoms in total. The van der Waals surface area contributed by atoms with Crippen LogP contribution in [0.25, 0.3) is 0 Å². The van der Waals surface area contributed by atoms with E-state index >= 15 is 0 Å². The molecular formula is C22H23ClN2O3S. The number of nitrogens with one attached hydrogen (secondary N) is 2. The standard InChI is InChI=1S/C22H23ClN2O3S/c1-13(26)27-18-10-17-15(9-16(18)23)22(12-21(2,3)24-20(29)25-22)11-19(28-17)14-7-5-4-6-8-14/h4-10,19H,11-12H2,1-3H3,(H2,24,25,29)/t19-,22+/m0/s1. The van der Waals surface area contributed by atoms with Crippen molar-refractivity contribution in [2.24, 2.45) is 0 Å². The molecule has 1 spiro atoms. The number of carbonyl (C=O) groups excluding carboxylic acids is 1. The third-order valence-electron chi connectivity index (χ3n) is 5.33. The first-order valence-corrected chi connectivity index (χ1v) is 10.3. The minimum Gasteiger partial charge on any atom is -0.485 e. The van der Waals surface area contributed by atoms with Gasteiger partial charge in [0.2, 0.25) is 0 Å². The zero-order valence-electron chi connectivity index (χ0n) is 16.5. The van der Waals surface area contributed by atoms with Gasteiger partial charge < -0.3 is 20.1 Å². The number of benzene rings is 2. The number of thiocarbonyl (C=S) groups is 1. The van der Waals surface area contributed by atoms with Crippen LogP contribution in [-0.2, 0) is 10.3 Å². The summed E-state index contributed by atoms with van der Waals surface area (Å²) in [5.41, 5.74) is 1.32. The molecule has 0 saturated carbocycles. The van der Waals surface area contributed by atoms with Gasteiger partial charge in [0.05, 0.1) is 10.6 Å². The van der Waals surface area contributed by atoms with Gasteiger partial charge in [-0.05, 0) is 44.1 Å². The van der Waals surface area contributed by atoms with E-state index in [9.17, 15) is 4.79 Å². The van der Waals surface area contributed by atoms with Gasteiger partial charge in [0.15, 0.2) is 10.9 Å². The van der Waals surface area contributed by atoms with Crippen LogP contribution in [0.5, 0.6) is 11.5 Å². The summed E-state index contributed by atoms with van der Waals surface area (Å²) in [4.78, 5) is 11.5. The molecule has 0 radical (unpaired) electrons. The molecule has 2 aliphatic rings. The molecule has 0 unspecified atom stereocenters. The van der Waals surface area contributed by atoms with E-state index in [4.69, 9.17) is 33.3 Å². The van der Waals surface area contributed by atoms with Crippen molar-refractivity contribution in [3.63, 3.8) is 0 Å². The van der Waals surface area contributed by atoms with Crippen molar-refractivity contribution in [1.29, 1.82) is 0 Å². The van der Waals surface area contributed by atoms with E-state index in [0.717, 1.165) is 17.5 Å². The number of rotatable bonds is 2. The van der Waals surface area contributed by atoms with Crippen molar-refractivity contribution in [2.75, 3.05) is 0 Å². The lowest BCUT2D eigenvalue weighted by Crippen LogP contribution is -2.65. The van der Waals surface area contributed by atoms with E-state index in [1.165, 1.54) is 6.92 Å². The second kappa shape index (κ2) is 7.18. The minimum absolute atomic E-state index is 0.181. The van der Waals surface area contributed by atoms with Crippen LogP contribution in [0.3, 0.4) is 0 Å². The number of halogens is 1. The number of hydrogen-bond donors (Lipinski definition) is 2. The second-order valence-electron chi connectivity index (χ2n) is 8.32. The Morgan fingerprint density at radius 2 is 1.97 bits per heavy atom. The lowest BCUT2D eigenvalue weighted by Gasteiger charge is -2.51. The monoisotopic (exact) mass is 430 g/mol. The quantitative estimate of drug-likeness (QED) is 0.411. The molecular weight excluding hydrogens is 408 g/mol. The van der Waals surface area contributed by atoms with Crippen LogP contribution in [-0.4, -0.2) is 16.6 Å². The van der Waals surface area contributed by atoms with Gasteiger partial charge >= 0.3 is 5.97 Å². The average molecular weight is 431 g/mol. The highest BCUT2D eigenvalue weighted by Crippen LogP contribution is 2.51. The second-order valence-corrected chi connectivity index (χ2v) is 9.13. The zero-order valence-corrected chi connectivity index (χ0v) is 18.1. The van der Waals surface area contributed by atoms with Crippen LogP contribution in [0.4, 0.5) is 0 Å². The zero-order chi connectivity index (χ0) is 20.8. The summed E-state index contributed by atoms with van der Waals surface area (Å²) in [6, 6.07) is 13.6. The Morgan fingerprint density at radius 3 is 2.62 bits per heavy atom. The molecule has 4 rings (SSSR count). The van der Waals surface area contributed by atoms with Crippen LogP contribution >= 0.6 is 23.8 Å². The van der Waals surface area contributed by atoms with Crippen molar-refractivity contribution in [2.45, 2.75) is 50.8 Å². The molecule has 2 atom stereocenters. The Balaban J connectivity index is 1.86. The highest BCUT2D eigenvalue weighted by Gasteiger charge is 2.49. The summed E-state index contributed by atoms with van der Waals surface area (Å²) in [5.74, 6) is 0.496. The molecule has 2 N–H and O–H groups in total. The summed E-state index contributed by atoms with van der Waals surface area (Å²) < 4.78 is 11.7. The van der Waals surface area contributed by atoms with Gasteiger partial charge in [-0.1, -0.05) is 41.9 Å². The van der Waals surface area contributed by atoms with Crippen LogP contribution in [0, 0.1) is 0 Å². The maximum absolute atomic E-state index is 11.5. The summed E-state index contributed by atoms with van der Waals surface area (Å²) in [7, 11) is 0. The van der Waals surface area contributed by atoms with E-state index < -0.39 is 11.5 Å². The predicted molar refractivity (Wildman–Crippen MR) is 116 cm³/mol. The fourth-order valence-electron chi connectivity index (χ4n) is 4.40. The lowest BCUT2D eigenvalue weighted by molar-refractivity contribution is -0.131. The third-order valence-corrected chi connectivity index (χ3v) is 5.83. The average Bonchev–Trinajstić information content (AvgIpc) is 2.61. The Bertz CT molecular complexity index is 980. The molecule has 2 aromatic carbocycles. The Hall–Kier alpha value is -2.31. The number of ether oxygens (including phenoxy) is 2. The molecule has 0 amide bonds. The maximum Gasteiger partial charge on any atom is 0.308 e. The fourth-order valence-corrected chi connectivity index (χ4v) is 5.07. The molecule has 2 aliphatic heterocycles. The van der Waals surface area contributed by atoms with Crippen LogP contribution < -0.4 is 20.1 Å². The van der Waals surface area contributed by atoms with Crippen molar-refractivity contribution in [3.8, 4) is 11.5 Å². The summed E-state index contributed by atoms with van der Waals surface area (Å²) >= 11 is 12.0. The molecule has 0 aromatic heterocycles. The van der Waals surface area contributed by atoms with E-state index in [2.05, 4.69) is 36.6 Å². The van der Waals surface area contributed by atoms with E-state index in [1.807, 2.05) is 24.3 Å². The Kier molecular flexibility index (Phi) is 4.95. The van der Waals surface area contributed by atoms with Crippen LogP contribution in [0.1, 0.15) is 50.8 Å². The maximum atomic E-state index is 11.5. The van der Waals surface area contributed by atoms with E-state index in [-0.39, 0.29) is 17.4 Å². The molecule has 0 aliphatic carbocycles. The molecule has 2 aromatic rings. The molecule has 152 valence electrons. The predicted octanol–water partition coefficient (Wildman–Crippen LogP) is 4.63. The minimum atomic E-state index is -0.460. The van der Waals surface area contributed by atoms with Gasteiger partial charge in [0.1, 0.15) is 11.9 Å². The van der Waals surface area contributed by atoms with Gasteiger partial charge in [-0.15, -0.1) is 0 Å². The molecule has 29 heavy (non-hydrogen) atoms. The van der Waals surface area contributed by atoms with Crippen molar-refractivity contribution < 1.29 is 14.3 Å². The normalized spacial score (nSPS) is 24.7. The molecule has 1 saturated heterocycles. The third kappa shape index (κ3) is 3.91. The smallest absolute Gasteiger partial charge is 0.308 e.